The van der Waals surface area contributed by atoms with Gasteiger partial charge in [0.2, 0.25) is 0 Å². The summed E-state index contributed by atoms with van der Waals surface area (Å²) in [7, 11) is -3.40. The molecule has 1 unspecified atom stereocenters. The molecule has 3 fully saturated rings. The highest BCUT2D eigenvalue weighted by Crippen LogP contribution is 2.30. The van der Waals surface area contributed by atoms with E-state index in [2.05, 4.69) is 4.90 Å². The SMILES string of the molecule is O=S(=O)(N1CCN(CC2CC2)CC1)N1CCCCC1CO. The molecule has 0 aromatic rings. The summed E-state index contributed by atoms with van der Waals surface area (Å²) >= 11 is 0. The van der Waals surface area contributed by atoms with E-state index < -0.39 is 10.2 Å². The Bertz CT molecular complexity index is 444. The normalized spacial score (nSPS) is 30.6. The molecule has 1 saturated carbocycles. The Kier molecular flexibility index (Phi) is 4.85. The first-order chi connectivity index (χ1) is 10.1. The van der Waals surface area contributed by atoms with Crippen LogP contribution < -0.4 is 0 Å². The first-order valence-corrected chi connectivity index (χ1v) is 9.61. The quantitative estimate of drug-likeness (QED) is 0.781. The Morgan fingerprint density at radius 1 is 0.952 bits per heavy atom. The molecular weight excluding hydrogens is 290 g/mol. The number of aliphatic hydroxyl groups excluding tert-OH is 1. The van der Waals surface area contributed by atoms with Gasteiger partial charge in [-0.1, -0.05) is 6.42 Å². The van der Waals surface area contributed by atoms with Gasteiger partial charge in [0.05, 0.1) is 6.61 Å². The third-order valence-corrected chi connectivity index (χ3v) is 7.04. The van der Waals surface area contributed by atoms with Gasteiger partial charge >= 0.3 is 0 Å². The molecule has 7 heteroatoms. The van der Waals surface area contributed by atoms with Crippen molar-refractivity contribution >= 4 is 10.2 Å². The van der Waals surface area contributed by atoms with E-state index in [4.69, 9.17) is 0 Å². The van der Waals surface area contributed by atoms with Gasteiger partial charge in [-0.2, -0.15) is 17.0 Å². The molecule has 0 radical (unpaired) electrons. The van der Waals surface area contributed by atoms with Crippen LogP contribution in [0.5, 0.6) is 0 Å². The van der Waals surface area contributed by atoms with Crippen LogP contribution in [0, 0.1) is 5.92 Å². The van der Waals surface area contributed by atoms with Crippen molar-refractivity contribution in [3.05, 3.63) is 0 Å². The maximum Gasteiger partial charge on any atom is 0.282 e. The molecule has 2 aliphatic heterocycles. The minimum atomic E-state index is -3.40. The standard InChI is InChI=1S/C14H27N3O3S/c18-12-14-3-1-2-6-17(14)21(19,20)16-9-7-15(8-10-16)11-13-4-5-13/h13-14,18H,1-12H2. The number of aliphatic hydroxyl groups is 1. The van der Waals surface area contributed by atoms with Crippen molar-refractivity contribution in [2.45, 2.75) is 38.1 Å². The van der Waals surface area contributed by atoms with Gasteiger partial charge in [-0.25, -0.2) is 0 Å². The van der Waals surface area contributed by atoms with E-state index in [9.17, 15) is 13.5 Å². The monoisotopic (exact) mass is 317 g/mol. The molecule has 2 heterocycles. The zero-order chi connectivity index (χ0) is 14.9. The van der Waals surface area contributed by atoms with Crippen molar-refractivity contribution in [1.29, 1.82) is 0 Å². The van der Waals surface area contributed by atoms with Crippen molar-refractivity contribution < 1.29 is 13.5 Å². The molecule has 0 aromatic heterocycles. The van der Waals surface area contributed by atoms with E-state index >= 15 is 0 Å². The predicted octanol–water partition coefficient (Wildman–Crippen LogP) is 0.106. The highest BCUT2D eigenvalue weighted by molar-refractivity contribution is 7.86. The average molecular weight is 317 g/mol. The van der Waals surface area contributed by atoms with Gasteiger partial charge in [-0.3, -0.25) is 0 Å². The summed E-state index contributed by atoms with van der Waals surface area (Å²) in [4.78, 5) is 2.39. The molecule has 21 heavy (non-hydrogen) atoms. The lowest BCUT2D eigenvalue weighted by Crippen LogP contribution is -2.56. The Labute approximate surface area is 127 Å². The molecule has 1 atom stereocenters. The van der Waals surface area contributed by atoms with Crippen LogP contribution in [-0.2, 0) is 10.2 Å². The zero-order valence-corrected chi connectivity index (χ0v) is 13.5. The van der Waals surface area contributed by atoms with Gasteiger partial charge < -0.3 is 10.0 Å². The van der Waals surface area contributed by atoms with Crippen LogP contribution in [0.3, 0.4) is 0 Å². The van der Waals surface area contributed by atoms with Gasteiger partial charge in [-0.15, -0.1) is 0 Å². The fraction of sp³-hybridized carbons (Fsp3) is 1.00. The van der Waals surface area contributed by atoms with Crippen LogP contribution in [0.2, 0.25) is 0 Å². The molecule has 122 valence electrons. The van der Waals surface area contributed by atoms with Crippen LogP contribution in [0.15, 0.2) is 0 Å². The second-order valence-electron chi connectivity index (χ2n) is 6.59. The van der Waals surface area contributed by atoms with Gasteiger partial charge in [0.1, 0.15) is 0 Å². The summed E-state index contributed by atoms with van der Waals surface area (Å²) < 4.78 is 28.7. The predicted molar refractivity (Wildman–Crippen MR) is 81.1 cm³/mol. The maximum absolute atomic E-state index is 12.8. The van der Waals surface area contributed by atoms with Crippen LogP contribution >= 0.6 is 0 Å². The smallest absolute Gasteiger partial charge is 0.282 e. The summed E-state index contributed by atoms with van der Waals surface area (Å²) in [6.07, 6.45) is 5.36. The Morgan fingerprint density at radius 2 is 1.67 bits per heavy atom. The fourth-order valence-electron chi connectivity index (χ4n) is 3.42. The molecule has 0 aromatic carbocycles. The number of piperazine rings is 1. The highest BCUT2D eigenvalue weighted by Gasteiger charge is 2.38. The Morgan fingerprint density at radius 3 is 2.29 bits per heavy atom. The Hall–Kier alpha value is -0.210. The average Bonchev–Trinajstić information content (AvgIpc) is 3.32. The molecule has 0 spiro atoms. The fourth-order valence-corrected chi connectivity index (χ4v) is 5.25. The number of hydrogen-bond donors (Lipinski definition) is 1. The number of hydrogen-bond acceptors (Lipinski definition) is 4. The second kappa shape index (κ2) is 6.50. The van der Waals surface area contributed by atoms with Gasteiger partial charge in [0.25, 0.3) is 10.2 Å². The molecule has 3 aliphatic rings. The number of nitrogens with zero attached hydrogens (tertiary/aromatic N) is 3. The molecule has 2 saturated heterocycles. The van der Waals surface area contributed by atoms with Crippen LogP contribution in [0.4, 0.5) is 0 Å². The summed E-state index contributed by atoms with van der Waals surface area (Å²) in [5.74, 6) is 0.856. The largest absolute Gasteiger partial charge is 0.395 e. The Balaban J connectivity index is 1.59. The molecule has 1 N–H and O–H groups in total. The van der Waals surface area contributed by atoms with E-state index in [1.54, 1.807) is 4.31 Å². The summed E-state index contributed by atoms with van der Waals surface area (Å²) in [5.41, 5.74) is 0. The van der Waals surface area contributed by atoms with Crippen molar-refractivity contribution in [1.82, 2.24) is 13.5 Å². The van der Waals surface area contributed by atoms with Crippen molar-refractivity contribution in [2.24, 2.45) is 5.92 Å². The number of piperidine rings is 1. The molecule has 3 rings (SSSR count). The topological polar surface area (TPSA) is 64.1 Å². The van der Waals surface area contributed by atoms with Crippen molar-refractivity contribution in [3.63, 3.8) is 0 Å². The third-order valence-electron chi connectivity index (χ3n) is 4.95. The first kappa shape index (κ1) is 15.7. The van der Waals surface area contributed by atoms with Crippen LogP contribution in [0.1, 0.15) is 32.1 Å². The van der Waals surface area contributed by atoms with E-state index in [1.165, 1.54) is 17.1 Å². The van der Waals surface area contributed by atoms with Crippen LogP contribution in [-0.4, -0.2) is 79.0 Å². The molecular formula is C14H27N3O3S. The van der Waals surface area contributed by atoms with Crippen molar-refractivity contribution in [3.8, 4) is 0 Å². The van der Waals surface area contributed by atoms with E-state index in [1.807, 2.05) is 0 Å². The van der Waals surface area contributed by atoms with E-state index in [0.717, 1.165) is 44.8 Å². The minimum absolute atomic E-state index is 0.0686. The lowest BCUT2D eigenvalue weighted by atomic mass is 10.1. The molecule has 0 amide bonds. The lowest BCUT2D eigenvalue weighted by molar-refractivity contribution is 0.135. The molecule has 1 aliphatic carbocycles. The summed E-state index contributed by atoms with van der Waals surface area (Å²) in [5, 5.41) is 9.44. The zero-order valence-electron chi connectivity index (χ0n) is 12.7. The highest BCUT2D eigenvalue weighted by atomic mass is 32.2. The van der Waals surface area contributed by atoms with Crippen molar-refractivity contribution in [2.75, 3.05) is 45.9 Å². The minimum Gasteiger partial charge on any atom is -0.395 e. The van der Waals surface area contributed by atoms with E-state index in [-0.39, 0.29) is 12.6 Å². The maximum atomic E-state index is 12.8. The number of rotatable bonds is 5. The van der Waals surface area contributed by atoms with E-state index in [0.29, 0.717) is 19.6 Å². The van der Waals surface area contributed by atoms with Gasteiger partial charge in [0.15, 0.2) is 0 Å². The summed E-state index contributed by atoms with van der Waals surface area (Å²) in [6, 6.07) is -0.228. The first-order valence-electron chi connectivity index (χ1n) is 8.21. The third kappa shape index (κ3) is 3.59. The van der Waals surface area contributed by atoms with Gasteiger partial charge in [-0.05, 0) is 31.6 Å². The molecule has 6 nitrogen and oxygen atoms in total. The second-order valence-corrected chi connectivity index (χ2v) is 8.47. The van der Waals surface area contributed by atoms with Gasteiger partial charge in [0, 0.05) is 45.3 Å². The van der Waals surface area contributed by atoms with Crippen LogP contribution in [0.25, 0.3) is 0 Å². The molecule has 0 bridgehead atoms. The summed E-state index contributed by atoms with van der Waals surface area (Å²) in [6.45, 7) is 4.47. The lowest BCUT2D eigenvalue weighted by Gasteiger charge is -2.40.